The van der Waals surface area contributed by atoms with E-state index in [-0.39, 0.29) is 17.5 Å². The monoisotopic (exact) mass is 297 g/mol. The fraction of sp³-hybridized carbons (Fsp3) is 0.500. The Morgan fingerprint density at radius 3 is 2.67 bits per heavy atom. The second kappa shape index (κ2) is 6.60. The molecule has 0 radical (unpaired) electrons. The third-order valence-corrected chi connectivity index (χ3v) is 3.55. The Morgan fingerprint density at radius 1 is 1.38 bits per heavy atom. The molecule has 2 heterocycles. The van der Waals surface area contributed by atoms with Gasteiger partial charge in [0.2, 0.25) is 11.9 Å². The van der Waals surface area contributed by atoms with Crippen LogP contribution in [0.15, 0.2) is 12.3 Å². The van der Waals surface area contributed by atoms with Gasteiger partial charge < -0.3 is 10.2 Å². The number of piperidine rings is 1. The Morgan fingerprint density at radius 2 is 2.05 bits per heavy atom. The Hall–Kier alpha value is -2.05. The van der Waals surface area contributed by atoms with Crippen molar-refractivity contribution in [2.24, 2.45) is 0 Å². The molecule has 5 nitrogen and oxygen atoms in total. The Labute approximate surface area is 121 Å². The highest BCUT2D eigenvalue weighted by Crippen LogP contribution is 2.16. The molecule has 0 bridgehead atoms. The van der Waals surface area contributed by atoms with E-state index in [0.717, 1.165) is 6.20 Å². The summed E-state index contributed by atoms with van der Waals surface area (Å²) in [5, 5.41) is 2.87. The molecule has 114 valence electrons. The van der Waals surface area contributed by atoms with E-state index in [9.17, 15) is 18.4 Å². The van der Waals surface area contributed by atoms with E-state index in [4.69, 9.17) is 0 Å². The number of rotatable bonds is 3. The molecule has 2 amide bonds. The highest BCUT2D eigenvalue weighted by molar-refractivity contribution is 5.94. The molecule has 1 aromatic heterocycles. The predicted octanol–water partition coefficient (Wildman–Crippen LogP) is 1.49. The number of hydrogen-bond donors (Lipinski definition) is 1. The van der Waals surface area contributed by atoms with E-state index in [1.807, 2.05) is 0 Å². The van der Waals surface area contributed by atoms with E-state index in [1.165, 1.54) is 11.0 Å². The summed E-state index contributed by atoms with van der Waals surface area (Å²) >= 11 is 0. The SMILES string of the molecule is CCC(=O)NC1CCN(C(=O)c2ccnc(F)c2F)CC1. The first-order chi connectivity index (χ1) is 10.0. The van der Waals surface area contributed by atoms with E-state index < -0.39 is 17.7 Å². The highest BCUT2D eigenvalue weighted by Gasteiger charge is 2.26. The summed E-state index contributed by atoms with van der Waals surface area (Å²) < 4.78 is 26.6. The Bertz CT molecular complexity index is 543. The van der Waals surface area contributed by atoms with Crippen molar-refractivity contribution >= 4 is 11.8 Å². The number of pyridine rings is 1. The maximum atomic E-state index is 13.6. The predicted molar refractivity (Wildman–Crippen MR) is 71.5 cm³/mol. The zero-order valence-electron chi connectivity index (χ0n) is 11.7. The summed E-state index contributed by atoms with van der Waals surface area (Å²) in [6, 6.07) is 1.20. The number of amides is 2. The second-order valence-corrected chi connectivity index (χ2v) is 4.95. The molecule has 1 N–H and O–H groups in total. The summed E-state index contributed by atoms with van der Waals surface area (Å²) in [6.07, 6.45) is 2.69. The molecular formula is C14H17F2N3O2. The first-order valence-corrected chi connectivity index (χ1v) is 6.91. The highest BCUT2D eigenvalue weighted by atomic mass is 19.2. The minimum Gasteiger partial charge on any atom is -0.353 e. The van der Waals surface area contributed by atoms with Crippen molar-refractivity contribution in [3.8, 4) is 0 Å². The zero-order chi connectivity index (χ0) is 15.4. The molecule has 1 aliphatic heterocycles. The number of halogens is 2. The first-order valence-electron chi connectivity index (χ1n) is 6.91. The third kappa shape index (κ3) is 3.53. The molecular weight excluding hydrogens is 280 g/mol. The van der Waals surface area contributed by atoms with Gasteiger partial charge in [-0.2, -0.15) is 4.39 Å². The number of nitrogens with zero attached hydrogens (tertiary/aromatic N) is 2. The Kier molecular flexibility index (Phi) is 4.82. The van der Waals surface area contributed by atoms with Gasteiger partial charge in [-0.1, -0.05) is 6.92 Å². The summed E-state index contributed by atoms with van der Waals surface area (Å²) in [6.45, 7) is 2.57. The molecule has 0 atom stereocenters. The van der Waals surface area contributed by atoms with Crippen LogP contribution >= 0.6 is 0 Å². The van der Waals surface area contributed by atoms with E-state index in [2.05, 4.69) is 10.3 Å². The van der Waals surface area contributed by atoms with Crippen molar-refractivity contribution < 1.29 is 18.4 Å². The number of carbonyl (C=O) groups excluding carboxylic acids is 2. The van der Waals surface area contributed by atoms with Crippen molar-refractivity contribution in [2.75, 3.05) is 13.1 Å². The van der Waals surface area contributed by atoms with Crippen molar-refractivity contribution in [3.05, 3.63) is 29.6 Å². The molecule has 0 aromatic carbocycles. The summed E-state index contributed by atoms with van der Waals surface area (Å²) in [7, 11) is 0. The molecule has 2 rings (SSSR count). The van der Waals surface area contributed by atoms with E-state index in [1.54, 1.807) is 6.92 Å². The second-order valence-electron chi connectivity index (χ2n) is 4.95. The van der Waals surface area contributed by atoms with E-state index in [0.29, 0.717) is 32.4 Å². The molecule has 21 heavy (non-hydrogen) atoms. The van der Waals surface area contributed by atoms with Crippen LogP contribution in [-0.4, -0.2) is 40.8 Å². The maximum Gasteiger partial charge on any atom is 0.257 e. The summed E-state index contributed by atoms with van der Waals surface area (Å²) in [5.41, 5.74) is -0.307. The molecule has 0 spiro atoms. The van der Waals surface area contributed by atoms with Gasteiger partial charge in [-0.15, -0.1) is 0 Å². The van der Waals surface area contributed by atoms with Gasteiger partial charge in [-0.3, -0.25) is 9.59 Å². The van der Waals surface area contributed by atoms with Gasteiger partial charge in [0, 0.05) is 31.7 Å². The largest absolute Gasteiger partial charge is 0.353 e. The molecule has 1 fully saturated rings. The van der Waals surface area contributed by atoms with Crippen LogP contribution < -0.4 is 5.32 Å². The number of carbonyl (C=O) groups is 2. The third-order valence-electron chi connectivity index (χ3n) is 3.55. The molecule has 7 heteroatoms. The van der Waals surface area contributed by atoms with Crippen molar-refractivity contribution in [3.63, 3.8) is 0 Å². The van der Waals surface area contributed by atoms with Gasteiger partial charge in [0.15, 0.2) is 5.82 Å². The lowest BCUT2D eigenvalue weighted by molar-refractivity contribution is -0.121. The van der Waals surface area contributed by atoms with Crippen LogP contribution in [0, 0.1) is 11.8 Å². The van der Waals surface area contributed by atoms with Crippen LogP contribution in [0.25, 0.3) is 0 Å². The molecule has 0 unspecified atom stereocenters. The first kappa shape index (κ1) is 15.3. The minimum absolute atomic E-state index is 0.0259. The normalized spacial score (nSPS) is 15.9. The number of likely N-dealkylation sites (tertiary alicyclic amines) is 1. The summed E-state index contributed by atoms with van der Waals surface area (Å²) in [5.74, 6) is -3.06. The lowest BCUT2D eigenvalue weighted by Gasteiger charge is -2.32. The van der Waals surface area contributed by atoms with Gasteiger partial charge in [0.1, 0.15) is 0 Å². The Balaban J connectivity index is 1.97. The average Bonchev–Trinajstić information content (AvgIpc) is 2.50. The molecule has 1 aromatic rings. The molecule has 0 saturated carbocycles. The van der Waals surface area contributed by atoms with Gasteiger partial charge in [0.05, 0.1) is 5.56 Å². The van der Waals surface area contributed by atoms with E-state index >= 15 is 0 Å². The fourth-order valence-corrected chi connectivity index (χ4v) is 2.31. The summed E-state index contributed by atoms with van der Waals surface area (Å²) in [4.78, 5) is 28.1. The molecule has 1 aliphatic rings. The molecule has 1 saturated heterocycles. The standard InChI is InChI=1S/C14H17F2N3O2/c1-2-11(20)18-9-4-7-19(8-5-9)14(21)10-3-6-17-13(16)12(10)15/h3,6,9H,2,4-5,7-8H2,1H3,(H,18,20). The van der Waals surface area contributed by atoms with Crippen LogP contribution in [0.5, 0.6) is 0 Å². The van der Waals surface area contributed by atoms with Gasteiger partial charge in [-0.05, 0) is 18.9 Å². The smallest absolute Gasteiger partial charge is 0.257 e. The van der Waals surface area contributed by atoms with Crippen LogP contribution in [0.4, 0.5) is 8.78 Å². The fourth-order valence-electron chi connectivity index (χ4n) is 2.31. The number of hydrogen-bond acceptors (Lipinski definition) is 3. The maximum absolute atomic E-state index is 13.6. The van der Waals surface area contributed by atoms with Crippen LogP contribution in [0.3, 0.4) is 0 Å². The van der Waals surface area contributed by atoms with Crippen molar-refractivity contribution in [1.82, 2.24) is 15.2 Å². The van der Waals surface area contributed by atoms with Crippen molar-refractivity contribution in [2.45, 2.75) is 32.2 Å². The van der Waals surface area contributed by atoms with Gasteiger partial charge in [0.25, 0.3) is 5.91 Å². The topological polar surface area (TPSA) is 62.3 Å². The van der Waals surface area contributed by atoms with Crippen molar-refractivity contribution in [1.29, 1.82) is 0 Å². The zero-order valence-corrected chi connectivity index (χ0v) is 11.7. The van der Waals surface area contributed by atoms with Crippen LogP contribution in [0.2, 0.25) is 0 Å². The minimum atomic E-state index is -1.27. The van der Waals surface area contributed by atoms with Crippen LogP contribution in [0.1, 0.15) is 36.5 Å². The van der Waals surface area contributed by atoms with Gasteiger partial charge in [-0.25, -0.2) is 9.37 Å². The lowest BCUT2D eigenvalue weighted by Crippen LogP contribution is -2.46. The van der Waals surface area contributed by atoms with Gasteiger partial charge >= 0.3 is 0 Å². The average molecular weight is 297 g/mol. The van der Waals surface area contributed by atoms with Crippen LogP contribution in [-0.2, 0) is 4.79 Å². The lowest BCUT2D eigenvalue weighted by atomic mass is 10.0. The molecule has 0 aliphatic carbocycles. The number of nitrogens with one attached hydrogen (secondary N) is 1. The number of aromatic nitrogens is 1. The quantitative estimate of drug-likeness (QED) is 0.860.